The van der Waals surface area contributed by atoms with E-state index in [1.807, 2.05) is 38.1 Å². The predicted octanol–water partition coefficient (Wildman–Crippen LogP) is 5.45. The van der Waals surface area contributed by atoms with E-state index in [2.05, 4.69) is 10.6 Å². The van der Waals surface area contributed by atoms with Crippen LogP contribution < -0.4 is 10.6 Å². The molecule has 2 nitrogen and oxygen atoms in total. The second-order valence-electron chi connectivity index (χ2n) is 5.55. The summed E-state index contributed by atoms with van der Waals surface area (Å²) in [5.41, 5.74) is 1.84. The van der Waals surface area contributed by atoms with Crippen LogP contribution in [0.1, 0.15) is 36.1 Å². The highest BCUT2D eigenvalue weighted by Crippen LogP contribution is 2.30. The summed E-state index contributed by atoms with van der Waals surface area (Å²) in [5, 5.41) is 6.26. The number of aryl methyl sites for hydroxylation is 1. The summed E-state index contributed by atoms with van der Waals surface area (Å²) in [6.45, 7) is 4.03. The van der Waals surface area contributed by atoms with Crippen molar-refractivity contribution in [3.05, 3.63) is 65.2 Å². The molecule has 0 aromatic heterocycles. The Morgan fingerprint density at radius 1 is 1.12 bits per heavy atom. The molecule has 2 N–H and O–H groups in total. The van der Waals surface area contributed by atoms with Gasteiger partial charge in [0.15, 0.2) is 5.11 Å². The van der Waals surface area contributed by atoms with Gasteiger partial charge in [0.25, 0.3) is 0 Å². The van der Waals surface area contributed by atoms with Crippen molar-refractivity contribution < 1.29 is 13.2 Å². The molecule has 2 aromatic rings. The maximum Gasteiger partial charge on any atom is 0.416 e. The van der Waals surface area contributed by atoms with E-state index in [-0.39, 0.29) is 6.04 Å². The number of halogens is 3. The number of alkyl halides is 3. The molecular formula is C18H19F3N2S. The van der Waals surface area contributed by atoms with Gasteiger partial charge in [-0.1, -0.05) is 42.8 Å². The molecule has 0 radical (unpaired) electrons. The lowest BCUT2D eigenvalue weighted by atomic mass is 10.0. The van der Waals surface area contributed by atoms with Crippen LogP contribution in [0.5, 0.6) is 0 Å². The normalized spacial score (nSPS) is 12.5. The lowest BCUT2D eigenvalue weighted by molar-refractivity contribution is -0.137. The van der Waals surface area contributed by atoms with E-state index in [1.54, 1.807) is 6.07 Å². The summed E-state index contributed by atoms with van der Waals surface area (Å²) in [6, 6.07) is 13.0. The Labute approximate surface area is 145 Å². The van der Waals surface area contributed by atoms with Crippen molar-refractivity contribution in [1.82, 2.24) is 5.32 Å². The number of anilines is 1. The number of nitrogens with one attached hydrogen (secondary N) is 2. The monoisotopic (exact) mass is 352 g/mol. The van der Waals surface area contributed by atoms with Crippen molar-refractivity contribution in [2.45, 2.75) is 32.5 Å². The molecule has 0 saturated carbocycles. The Kier molecular flexibility index (Phi) is 5.83. The van der Waals surface area contributed by atoms with Gasteiger partial charge < -0.3 is 10.6 Å². The first-order chi connectivity index (χ1) is 11.3. The van der Waals surface area contributed by atoms with Crippen molar-refractivity contribution >= 4 is 23.0 Å². The van der Waals surface area contributed by atoms with Crippen LogP contribution in [0.2, 0.25) is 0 Å². The first-order valence-electron chi connectivity index (χ1n) is 7.61. The van der Waals surface area contributed by atoms with Gasteiger partial charge in [0, 0.05) is 5.69 Å². The second-order valence-corrected chi connectivity index (χ2v) is 5.96. The van der Waals surface area contributed by atoms with E-state index < -0.39 is 11.7 Å². The maximum absolute atomic E-state index is 12.7. The summed E-state index contributed by atoms with van der Waals surface area (Å²) in [5.74, 6) is 0. The van der Waals surface area contributed by atoms with Crippen LogP contribution in [0, 0.1) is 6.92 Å². The molecule has 0 fully saturated rings. The SMILES string of the molecule is CC[C@H](NC(=S)Nc1cccc(C(F)(F)F)c1)c1ccc(C)cc1. The van der Waals surface area contributed by atoms with Crippen molar-refractivity contribution in [2.24, 2.45) is 0 Å². The third-order valence-corrected chi connectivity index (χ3v) is 3.86. The Hall–Kier alpha value is -2.08. The minimum atomic E-state index is -4.37. The van der Waals surface area contributed by atoms with Gasteiger partial charge in [0.2, 0.25) is 0 Å². The topological polar surface area (TPSA) is 24.1 Å². The van der Waals surface area contributed by atoms with Crippen molar-refractivity contribution in [1.29, 1.82) is 0 Å². The van der Waals surface area contributed by atoms with Gasteiger partial charge in [-0.3, -0.25) is 0 Å². The van der Waals surface area contributed by atoms with Crippen LogP contribution in [0.3, 0.4) is 0 Å². The molecular weight excluding hydrogens is 333 g/mol. The van der Waals surface area contributed by atoms with Gasteiger partial charge in [-0.25, -0.2) is 0 Å². The summed E-state index contributed by atoms with van der Waals surface area (Å²) in [4.78, 5) is 0. The molecule has 6 heteroatoms. The second kappa shape index (κ2) is 7.66. The van der Waals surface area contributed by atoms with Crippen LogP contribution in [-0.4, -0.2) is 5.11 Å². The zero-order chi connectivity index (χ0) is 17.7. The molecule has 128 valence electrons. The molecule has 2 rings (SSSR count). The number of hydrogen-bond acceptors (Lipinski definition) is 1. The fourth-order valence-electron chi connectivity index (χ4n) is 2.32. The van der Waals surface area contributed by atoms with Crippen LogP contribution in [0.4, 0.5) is 18.9 Å². The molecule has 0 heterocycles. The van der Waals surface area contributed by atoms with Crippen LogP contribution in [-0.2, 0) is 6.18 Å². The molecule has 0 unspecified atom stereocenters. The van der Waals surface area contributed by atoms with Gasteiger partial charge in [-0.2, -0.15) is 13.2 Å². The first-order valence-corrected chi connectivity index (χ1v) is 8.01. The minimum absolute atomic E-state index is 0.00333. The third kappa shape index (κ3) is 4.96. The highest BCUT2D eigenvalue weighted by Gasteiger charge is 2.30. The van der Waals surface area contributed by atoms with Crippen molar-refractivity contribution in [2.75, 3.05) is 5.32 Å². The smallest absolute Gasteiger partial charge is 0.356 e. The quantitative estimate of drug-likeness (QED) is 0.715. The minimum Gasteiger partial charge on any atom is -0.356 e. The number of rotatable bonds is 4. The first kappa shape index (κ1) is 18.3. The standard InChI is InChI=1S/C18H19F3N2S/c1-3-16(13-9-7-12(2)8-10-13)23-17(24)22-15-6-4-5-14(11-15)18(19,20)21/h4-11,16H,3H2,1-2H3,(H2,22,23,24)/t16-/m0/s1. The molecule has 0 aliphatic heterocycles. The summed E-state index contributed by atoms with van der Waals surface area (Å²) < 4.78 is 38.2. The molecule has 1 atom stereocenters. The highest BCUT2D eigenvalue weighted by atomic mass is 32.1. The Morgan fingerprint density at radius 3 is 2.38 bits per heavy atom. The predicted molar refractivity (Wildman–Crippen MR) is 95.0 cm³/mol. The zero-order valence-corrected chi connectivity index (χ0v) is 14.3. The highest BCUT2D eigenvalue weighted by molar-refractivity contribution is 7.80. The van der Waals surface area contributed by atoms with Crippen molar-refractivity contribution in [3.63, 3.8) is 0 Å². The molecule has 0 saturated heterocycles. The summed E-state index contributed by atoms with van der Waals surface area (Å²) >= 11 is 5.24. The van der Waals surface area contributed by atoms with Gasteiger partial charge in [-0.15, -0.1) is 0 Å². The molecule has 0 bridgehead atoms. The number of benzene rings is 2. The summed E-state index contributed by atoms with van der Waals surface area (Å²) in [6.07, 6.45) is -3.58. The average molecular weight is 352 g/mol. The van der Waals surface area contributed by atoms with Gasteiger partial charge >= 0.3 is 6.18 Å². The number of thiocarbonyl (C=S) groups is 1. The van der Waals surface area contributed by atoms with Crippen molar-refractivity contribution in [3.8, 4) is 0 Å². The fraction of sp³-hybridized carbons (Fsp3) is 0.278. The fourth-order valence-corrected chi connectivity index (χ4v) is 2.58. The van der Waals surface area contributed by atoms with Gasteiger partial charge in [0.1, 0.15) is 0 Å². The van der Waals surface area contributed by atoms with Crippen LogP contribution in [0.15, 0.2) is 48.5 Å². The Balaban J connectivity index is 2.05. The Bertz CT molecular complexity index is 696. The maximum atomic E-state index is 12.7. The van der Waals surface area contributed by atoms with Gasteiger partial charge in [-0.05, 0) is 49.3 Å². The van der Waals surface area contributed by atoms with E-state index in [9.17, 15) is 13.2 Å². The van der Waals surface area contributed by atoms with E-state index in [4.69, 9.17) is 12.2 Å². The van der Waals surface area contributed by atoms with E-state index >= 15 is 0 Å². The van der Waals surface area contributed by atoms with Crippen LogP contribution in [0.25, 0.3) is 0 Å². The summed E-state index contributed by atoms with van der Waals surface area (Å²) in [7, 11) is 0. The Morgan fingerprint density at radius 2 is 1.79 bits per heavy atom. The van der Waals surface area contributed by atoms with E-state index in [0.717, 1.165) is 24.1 Å². The lowest BCUT2D eigenvalue weighted by Crippen LogP contribution is -2.32. The molecule has 2 aromatic carbocycles. The van der Waals surface area contributed by atoms with Gasteiger partial charge in [0.05, 0.1) is 11.6 Å². The largest absolute Gasteiger partial charge is 0.416 e. The lowest BCUT2D eigenvalue weighted by Gasteiger charge is -2.20. The number of hydrogen-bond donors (Lipinski definition) is 2. The molecule has 0 spiro atoms. The van der Waals surface area contributed by atoms with Crippen LogP contribution >= 0.6 is 12.2 Å². The molecule has 24 heavy (non-hydrogen) atoms. The third-order valence-electron chi connectivity index (χ3n) is 3.64. The van der Waals surface area contributed by atoms with E-state index in [0.29, 0.717) is 10.8 Å². The average Bonchev–Trinajstić information content (AvgIpc) is 2.53. The molecule has 0 aliphatic carbocycles. The molecule has 0 aliphatic rings. The van der Waals surface area contributed by atoms with E-state index in [1.165, 1.54) is 11.6 Å². The zero-order valence-electron chi connectivity index (χ0n) is 13.4. The molecule has 0 amide bonds.